The molecule has 0 heterocycles. The molecule has 0 radical (unpaired) electrons. The second-order valence-electron chi connectivity index (χ2n) is 5.96. The summed E-state index contributed by atoms with van der Waals surface area (Å²) in [5, 5.41) is 3.30. The Bertz CT molecular complexity index is 261. The average Bonchev–Trinajstić information content (AvgIpc) is 2.31. The topological polar surface area (TPSA) is 29.1 Å². The Morgan fingerprint density at radius 2 is 1.39 bits per heavy atom. The molecule has 0 aromatic carbocycles. The zero-order valence-corrected chi connectivity index (χ0v) is 12.9. The monoisotopic (exact) mass is 315 g/mol. The van der Waals surface area contributed by atoms with Gasteiger partial charge in [0.05, 0.1) is 0 Å². The lowest BCUT2D eigenvalue weighted by atomic mass is 9.89. The van der Waals surface area contributed by atoms with Crippen LogP contribution in [0.2, 0.25) is 0 Å². The van der Waals surface area contributed by atoms with Crippen LogP contribution < -0.4 is 5.32 Å². The number of hydrogen-bond donors (Lipinski definition) is 1. The van der Waals surface area contributed by atoms with Gasteiger partial charge in [-0.25, -0.2) is 0 Å². The molecule has 18 heavy (non-hydrogen) atoms. The summed E-state index contributed by atoms with van der Waals surface area (Å²) in [5.74, 6) is 0.611. The zero-order valence-electron chi connectivity index (χ0n) is 11.3. The van der Waals surface area contributed by atoms with Crippen LogP contribution in [-0.4, -0.2) is 16.8 Å². The molecule has 2 aliphatic rings. The number of alkyl halides is 1. The zero-order chi connectivity index (χ0) is 12.8. The summed E-state index contributed by atoms with van der Waals surface area (Å²) in [6, 6.07) is 0.372. The molecule has 2 nitrogen and oxygen atoms in total. The van der Waals surface area contributed by atoms with Crippen LogP contribution in [0.25, 0.3) is 0 Å². The summed E-state index contributed by atoms with van der Waals surface area (Å²) in [6.07, 6.45) is 13.6. The maximum absolute atomic E-state index is 12.3. The van der Waals surface area contributed by atoms with Crippen LogP contribution in [0.3, 0.4) is 0 Å². The van der Waals surface area contributed by atoms with Gasteiger partial charge < -0.3 is 5.32 Å². The maximum Gasteiger partial charge on any atom is 0.223 e. The summed E-state index contributed by atoms with van der Waals surface area (Å²) in [6.45, 7) is 0. The molecule has 1 amide bonds. The largest absolute Gasteiger partial charge is 0.352 e. The lowest BCUT2D eigenvalue weighted by molar-refractivity contribution is -0.126. The van der Waals surface area contributed by atoms with Gasteiger partial charge in [-0.2, -0.15) is 0 Å². The number of carbonyl (C=O) groups excluding carboxylic acids is 1. The van der Waals surface area contributed by atoms with E-state index in [4.69, 9.17) is 0 Å². The third kappa shape index (κ3) is 4.25. The summed E-state index contributed by atoms with van der Waals surface area (Å²) in [7, 11) is 0. The molecule has 0 aromatic rings. The number of halogens is 1. The summed E-state index contributed by atoms with van der Waals surface area (Å²) in [5.41, 5.74) is 0. The van der Waals surface area contributed by atoms with E-state index >= 15 is 0 Å². The third-order valence-electron chi connectivity index (χ3n) is 4.49. The van der Waals surface area contributed by atoms with Gasteiger partial charge in [0, 0.05) is 16.8 Å². The molecule has 0 aromatic heterocycles. The molecule has 2 rings (SSSR count). The maximum atomic E-state index is 12.3. The van der Waals surface area contributed by atoms with Gasteiger partial charge >= 0.3 is 0 Å². The van der Waals surface area contributed by atoms with Gasteiger partial charge in [-0.3, -0.25) is 4.79 Å². The Balaban J connectivity index is 1.81. The van der Waals surface area contributed by atoms with Gasteiger partial charge in [-0.05, 0) is 25.7 Å². The number of hydrogen-bond acceptors (Lipinski definition) is 1. The molecule has 0 spiro atoms. The minimum atomic E-state index is 0.284. The number of nitrogens with one attached hydrogen (secondary N) is 1. The lowest BCUT2D eigenvalue weighted by Crippen LogP contribution is -2.45. The van der Waals surface area contributed by atoms with Crippen molar-refractivity contribution in [2.45, 2.75) is 81.5 Å². The van der Waals surface area contributed by atoms with Crippen LogP contribution in [0, 0.1) is 5.92 Å². The minimum absolute atomic E-state index is 0.284. The highest BCUT2D eigenvalue weighted by Crippen LogP contribution is 2.26. The van der Waals surface area contributed by atoms with Crippen molar-refractivity contribution >= 4 is 21.8 Å². The summed E-state index contributed by atoms with van der Waals surface area (Å²) >= 11 is 3.72. The normalized spacial score (nSPS) is 31.4. The van der Waals surface area contributed by atoms with Crippen molar-refractivity contribution in [2.24, 2.45) is 5.92 Å². The average molecular weight is 316 g/mol. The fourth-order valence-electron chi connectivity index (χ4n) is 3.27. The van der Waals surface area contributed by atoms with Crippen molar-refractivity contribution in [3.8, 4) is 0 Å². The Hall–Kier alpha value is -0.0500. The van der Waals surface area contributed by atoms with Gasteiger partial charge in [-0.1, -0.05) is 60.9 Å². The molecule has 2 atom stereocenters. The molecule has 2 unspecified atom stereocenters. The molecule has 3 heteroatoms. The molecule has 1 N–H and O–H groups in total. The first-order valence-corrected chi connectivity index (χ1v) is 8.63. The Morgan fingerprint density at radius 3 is 2.06 bits per heavy atom. The second kappa shape index (κ2) is 7.52. The number of rotatable bonds is 2. The van der Waals surface area contributed by atoms with Gasteiger partial charge in [0.25, 0.3) is 0 Å². The molecule has 104 valence electrons. The molecular weight excluding hydrogens is 290 g/mol. The van der Waals surface area contributed by atoms with Crippen LogP contribution in [0.1, 0.15) is 70.6 Å². The second-order valence-corrected chi connectivity index (χ2v) is 7.13. The van der Waals surface area contributed by atoms with E-state index in [1.54, 1.807) is 0 Å². The smallest absolute Gasteiger partial charge is 0.223 e. The van der Waals surface area contributed by atoms with Gasteiger partial charge in [0.2, 0.25) is 5.91 Å². The van der Waals surface area contributed by atoms with Gasteiger partial charge in [-0.15, -0.1) is 0 Å². The van der Waals surface area contributed by atoms with Crippen LogP contribution in [-0.2, 0) is 4.79 Å². The highest BCUT2D eigenvalue weighted by atomic mass is 79.9. The summed E-state index contributed by atoms with van der Waals surface area (Å²) in [4.78, 5) is 12.8. The Morgan fingerprint density at radius 1 is 0.833 bits per heavy atom. The third-order valence-corrected chi connectivity index (χ3v) is 5.58. The van der Waals surface area contributed by atoms with E-state index in [0.717, 1.165) is 19.3 Å². The van der Waals surface area contributed by atoms with E-state index in [1.807, 2.05) is 0 Å². The highest BCUT2D eigenvalue weighted by molar-refractivity contribution is 9.09. The Labute approximate surface area is 119 Å². The molecule has 0 bridgehead atoms. The van der Waals surface area contributed by atoms with Crippen LogP contribution >= 0.6 is 15.9 Å². The van der Waals surface area contributed by atoms with Crippen molar-refractivity contribution < 1.29 is 4.79 Å². The first-order valence-electron chi connectivity index (χ1n) is 7.72. The first kappa shape index (κ1) is 14.4. The molecule has 2 aliphatic carbocycles. The van der Waals surface area contributed by atoms with Crippen LogP contribution in [0.15, 0.2) is 0 Å². The van der Waals surface area contributed by atoms with Crippen molar-refractivity contribution in [1.82, 2.24) is 5.32 Å². The van der Waals surface area contributed by atoms with Crippen molar-refractivity contribution in [1.29, 1.82) is 0 Å². The Kier molecular flexibility index (Phi) is 6.00. The number of carbonyl (C=O) groups is 1. The fourth-order valence-corrected chi connectivity index (χ4v) is 3.99. The quantitative estimate of drug-likeness (QED) is 0.761. The molecule has 2 fully saturated rings. The van der Waals surface area contributed by atoms with Crippen LogP contribution in [0.5, 0.6) is 0 Å². The molecular formula is C15H26BrNO. The fraction of sp³-hybridized carbons (Fsp3) is 0.933. The molecule has 0 saturated heterocycles. The lowest BCUT2D eigenvalue weighted by Gasteiger charge is -2.30. The summed E-state index contributed by atoms with van der Waals surface area (Å²) < 4.78 is 0. The predicted molar refractivity (Wildman–Crippen MR) is 78.9 cm³/mol. The van der Waals surface area contributed by atoms with Crippen molar-refractivity contribution in [2.75, 3.05) is 0 Å². The standard InChI is InChI=1S/C15H26BrNO/c16-13-10-6-7-11-14(13)17-15(18)12-8-4-2-1-3-5-9-12/h12-14H,1-11H2,(H,17,18). The van der Waals surface area contributed by atoms with E-state index in [1.165, 1.54) is 51.4 Å². The first-order chi connectivity index (χ1) is 8.77. The molecule has 2 saturated carbocycles. The van der Waals surface area contributed by atoms with Gasteiger partial charge in [0.1, 0.15) is 0 Å². The molecule has 0 aliphatic heterocycles. The van der Waals surface area contributed by atoms with Gasteiger partial charge in [0.15, 0.2) is 0 Å². The predicted octanol–water partition coefficient (Wildman–Crippen LogP) is 4.17. The van der Waals surface area contributed by atoms with E-state index in [0.29, 0.717) is 16.8 Å². The minimum Gasteiger partial charge on any atom is -0.352 e. The van der Waals surface area contributed by atoms with E-state index in [-0.39, 0.29) is 5.92 Å². The van der Waals surface area contributed by atoms with Crippen molar-refractivity contribution in [3.63, 3.8) is 0 Å². The van der Waals surface area contributed by atoms with Crippen LogP contribution in [0.4, 0.5) is 0 Å². The SMILES string of the molecule is O=C(NC1CCCCC1Br)C1CCCCCCC1. The van der Waals surface area contributed by atoms with E-state index in [9.17, 15) is 4.79 Å². The highest BCUT2D eigenvalue weighted by Gasteiger charge is 2.27. The van der Waals surface area contributed by atoms with E-state index < -0.39 is 0 Å². The number of amides is 1. The van der Waals surface area contributed by atoms with E-state index in [2.05, 4.69) is 21.2 Å². The van der Waals surface area contributed by atoms with Crippen molar-refractivity contribution in [3.05, 3.63) is 0 Å².